The van der Waals surface area contributed by atoms with Crippen LogP contribution < -0.4 is 5.32 Å². The molecule has 1 N–H and O–H groups in total. The van der Waals surface area contributed by atoms with E-state index in [0.717, 1.165) is 37.8 Å². The quantitative estimate of drug-likeness (QED) is 0.667. The van der Waals surface area contributed by atoms with Gasteiger partial charge >= 0.3 is 6.09 Å². The fourth-order valence-electron chi connectivity index (χ4n) is 2.55. The Hall–Kier alpha value is -2.48. The number of amides is 2. The Bertz CT molecular complexity index is 590. The summed E-state index contributed by atoms with van der Waals surface area (Å²) in [4.78, 5) is 25.3. The SMILES string of the molecule is O=C(NCCCN1CCCCCC1=O)OCC#Cc1ccccc1. The molecule has 0 radical (unpaired) electrons. The summed E-state index contributed by atoms with van der Waals surface area (Å²) < 4.78 is 4.99. The van der Waals surface area contributed by atoms with Gasteiger partial charge in [0.15, 0.2) is 6.61 Å². The first-order valence-corrected chi connectivity index (χ1v) is 8.48. The molecule has 0 bridgehead atoms. The van der Waals surface area contributed by atoms with E-state index in [4.69, 9.17) is 4.74 Å². The van der Waals surface area contributed by atoms with Crippen LogP contribution in [0.4, 0.5) is 4.79 Å². The Balaban J connectivity index is 1.56. The van der Waals surface area contributed by atoms with Crippen molar-refractivity contribution in [3.63, 3.8) is 0 Å². The van der Waals surface area contributed by atoms with Gasteiger partial charge in [0, 0.05) is 31.6 Å². The summed E-state index contributed by atoms with van der Waals surface area (Å²) >= 11 is 0. The Labute approximate surface area is 143 Å². The Morgan fingerprint density at radius 1 is 1.21 bits per heavy atom. The molecule has 1 aliphatic rings. The van der Waals surface area contributed by atoms with Gasteiger partial charge in [-0.2, -0.15) is 0 Å². The molecule has 0 aromatic heterocycles. The molecule has 0 saturated carbocycles. The Kier molecular flexibility index (Phi) is 7.69. The predicted octanol–water partition coefficient (Wildman–Crippen LogP) is 2.56. The van der Waals surface area contributed by atoms with Gasteiger partial charge < -0.3 is 15.0 Å². The second kappa shape index (κ2) is 10.3. The molecule has 0 unspecified atom stereocenters. The largest absolute Gasteiger partial charge is 0.436 e. The number of alkyl carbamates (subject to hydrolysis) is 1. The molecule has 24 heavy (non-hydrogen) atoms. The second-order valence-corrected chi connectivity index (χ2v) is 5.72. The van der Waals surface area contributed by atoms with Crippen LogP contribution in [0.3, 0.4) is 0 Å². The number of likely N-dealkylation sites (tertiary alicyclic amines) is 1. The molecular weight excluding hydrogens is 304 g/mol. The van der Waals surface area contributed by atoms with Crippen molar-refractivity contribution in [1.29, 1.82) is 0 Å². The van der Waals surface area contributed by atoms with Gasteiger partial charge in [-0.25, -0.2) is 4.79 Å². The molecule has 5 nitrogen and oxygen atoms in total. The van der Waals surface area contributed by atoms with Crippen molar-refractivity contribution in [2.24, 2.45) is 0 Å². The average Bonchev–Trinajstić information content (AvgIpc) is 2.81. The lowest BCUT2D eigenvalue weighted by molar-refractivity contribution is -0.130. The maximum absolute atomic E-state index is 11.8. The molecule has 1 heterocycles. The van der Waals surface area contributed by atoms with Gasteiger partial charge in [-0.05, 0) is 31.4 Å². The van der Waals surface area contributed by atoms with Gasteiger partial charge in [0.2, 0.25) is 5.91 Å². The Morgan fingerprint density at radius 2 is 2.04 bits per heavy atom. The molecule has 0 atom stereocenters. The number of carbonyl (C=O) groups excluding carboxylic acids is 2. The van der Waals surface area contributed by atoms with Crippen LogP contribution in [-0.2, 0) is 9.53 Å². The summed E-state index contributed by atoms with van der Waals surface area (Å²) in [5.74, 6) is 5.95. The van der Waals surface area contributed by atoms with Gasteiger partial charge in [0.25, 0.3) is 0 Å². The molecule has 2 rings (SSSR count). The van der Waals surface area contributed by atoms with Crippen molar-refractivity contribution in [2.75, 3.05) is 26.2 Å². The van der Waals surface area contributed by atoms with Gasteiger partial charge in [-0.3, -0.25) is 4.79 Å². The fourth-order valence-corrected chi connectivity index (χ4v) is 2.55. The minimum atomic E-state index is -0.473. The van der Waals surface area contributed by atoms with E-state index in [2.05, 4.69) is 17.2 Å². The van der Waals surface area contributed by atoms with Crippen LogP contribution in [0.25, 0.3) is 0 Å². The van der Waals surface area contributed by atoms with E-state index in [1.54, 1.807) is 0 Å². The molecule has 0 aliphatic carbocycles. The third-order valence-corrected chi connectivity index (χ3v) is 3.83. The maximum atomic E-state index is 11.8. The summed E-state index contributed by atoms with van der Waals surface area (Å²) in [5.41, 5.74) is 0.892. The summed E-state index contributed by atoms with van der Waals surface area (Å²) in [6.45, 7) is 2.07. The molecule has 1 aromatic rings. The van der Waals surface area contributed by atoms with E-state index in [9.17, 15) is 9.59 Å². The fraction of sp³-hybridized carbons (Fsp3) is 0.474. The van der Waals surface area contributed by atoms with Crippen molar-refractivity contribution >= 4 is 12.0 Å². The summed E-state index contributed by atoms with van der Waals surface area (Å²) in [5, 5.41) is 2.68. The molecule has 0 spiro atoms. The van der Waals surface area contributed by atoms with Crippen LogP contribution in [-0.4, -0.2) is 43.1 Å². The zero-order valence-electron chi connectivity index (χ0n) is 13.9. The smallest absolute Gasteiger partial charge is 0.408 e. The van der Waals surface area contributed by atoms with Crippen molar-refractivity contribution in [1.82, 2.24) is 10.2 Å². The minimum absolute atomic E-state index is 0.0609. The summed E-state index contributed by atoms with van der Waals surface area (Å²) in [6, 6.07) is 9.54. The molecule has 1 saturated heterocycles. The second-order valence-electron chi connectivity index (χ2n) is 5.72. The zero-order valence-corrected chi connectivity index (χ0v) is 13.9. The number of hydrogen-bond acceptors (Lipinski definition) is 3. The van der Waals surface area contributed by atoms with Crippen LogP contribution in [0, 0.1) is 11.8 Å². The monoisotopic (exact) mass is 328 g/mol. The Morgan fingerprint density at radius 3 is 2.88 bits per heavy atom. The third kappa shape index (κ3) is 6.74. The lowest BCUT2D eigenvalue weighted by Gasteiger charge is -2.20. The standard InChI is InChI=1S/C19H24N2O3/c22-18-12-5-2-6-14-21(18)15-8-13-20-19(23)24-16-7-11-17-9-3-1-4-10-17/h1,3-4,9-10H,2,5-6,8,12-16H2,(H,20,23). The number of rotatable bonds is 5. The van der Waals surface area contributed by atoms with Crippen LogP contribution in [0.5, 0.6) is 0 Å². The highest BCUT2D eigenvalue weighted by Crippen LogP contribution is 2.11. The van der Waals surface area contributed by atoms with E-state index in [0.29, 0.717) is 19.5 Å². The van der Waals surface area contributed by atoms with E-state index < -0.39 is 6.09 Å². The van der Waals surface area contributed by atoms with E-state index >= 15 is 0 Å². The van der Waals surface area contributed by atoms with Crippen LogP contribution in [0.2, 0.25) is 0 Å². The number of carbonyl (C=O) groups is 2. The number of ether oxygens (including phenoxy) is 1. The molecule has 5 heteroatoms. The first-order valence-electron chi connectivity index (χ1n) is 8.48. The van der Waals surface area contributed by atoms with Crippen molar-refractivity contribution in [3.05, 3.63) is 35.9 Å². The first-order chi connectivity index (χ1) is 11.8. The summed E-state index contributed by atoms with van der Waals surface area (Å²) in [6.07, 6.45) is 4.09. The molecular formula is C19H24N2O3. The molecule has 128 valence electrons. The van der Waals surface area contributed by atoms with Crippen molar-refractivity contribution in [3.8, 4) is 11.8 Å². The normalized spacial score (nSPS) is 14.3. The molecule has 1 fully saturated rings. The number of benzene rings is 1. The predicted molar refractivity (Wildman–Crippen MR) is 92.3 cm³/mol. The van der Waals surface area contributed by atoms with E-state index in [1.165, 1.54) is 0 Å². The highest BCUT2D eigenvalue weighted by Gasteiger charge is 2.15. The highest BCUT2D eigenvalue weighted by atomic mass is 16.5. The third-order valence-electron chi connectivity index (χ3n) is 3.83. The molecule has 1 aliphatic heterocycles. The van der Waals surface area contributed by atoms with Crippen molar-refractivity contribution in [2.45, 2.75) is 32.1 Å². The first kappa shape index (κ1) is 17.9. The number of hydrogen-bond donors (Lipinski definition) is 1. The van der Waals surface area contributed by atoms with E-state index in [1.807, 2.05) is 35.2 Å². The number of nitrogens with one attached hydrogen (secondary N) is 1. The summed E-state index contributed by atoms with van der Waals surface area (Å²) in [7, 11) is 0. The van der Waals surface area contributed by atoms with Gasteiger partial charge in [-0.15, -0.1) is 0 Å². The maximum Gasteiger partial charge on any atom is 0.408 e. The van der Waals surface area contributed by atoms with Crippen LogP contribution in [0.15, 0.2) is 30.3 Å². The van der Waals surface area contributed by atoms with E-state index in [-0.39, 0.29) is 12.5 Å². The average molecular weight is 328 g/mol. The van der Waals surface area contributed by atoms with Gasteiger partial charge in [-0.1, -0.05) is 36.5 Å². The highest BCUT2D eigenvalue weighted by molar-refractivity contribution is 5.76. The zero-order chi connectivity index (χ0) is 17.0. The lowest BCUT2D eigenvalue weighted by atomic mass is 10.2. The van der Waals surface area contributed by atoms with Crippen LogP contribution >= 0.6 is 0 Å². The minimum Gasteiger partial charge on any atom is -0.436 e. The number of nitrogens with zero attached hydrogens (tertiary/aromatic N) is 1. The topological polar surface area (TPSA) is 58.6 Å². The van der Waals surface area contributed by atoms with Crippen LogP contribution in [0.1, 0.15) is 37.7 Å². The van der Waals surface area contributed by atoms with Crippen molar-refractivity contribution < 1.29 is 14.3 Å². The lowest BCUT2D eigenvalue weighted by Crippen LogP contribution is -2.34. The molecule has 1 aromatic carbocycles. The molecule has 2 amide bonds. The van der Waals surface area contributed by atoms with Gasteiger partial charge in [0.1, 0.15) is 0 Å². The van der Waals surface area contributed by atoms with Gasteiger partial charge in [0.05, 0.1) is 0 Å².